The first kappa shape index (κ1) is 13.5. The molecule has 0 unspecified atom stereocenters. The van der Waals surface area contributed by atoms with Crippen LogP contribution in [0.1, 0.15) is 11.3 Å². The second-order valence-electron chi connectivity index (χ2n) is 3.99. The van der Waals surface area contributed by atoms with Gasteiger partial charge in [0.2, 0.25) is 5.88 Å². The van der Waals surface area contributed by atoms with Gasteiger partial charge in [0, 0.05) is 7.11 Å². The van der Waals surface area contributed by atoms with Gasteiger partial charge in [-0.05, 0) is 24.1 Å². The molecule has 0 aliphatic rings. The quantitative estimate of drug-likeness (QED) is 0.860. The first-order valence-electron chi connectivity index (χ1n) is 5.99. The second-order valence-corrected chi connectivity index (χ2v) is 3.99. The minimum Gasteiger partial charge on any atom is -0.438 e. The molecule has 0 aliphatic heterocycles. The molecule has 1 aromatic carbocycles. The van der Waals surface area contributed by atoms with Crippen LogP contribution < -0.4 is 4.74 Å². The number of nitrogens with zero attached hydrogens (tertiary/aromatic N) is 2. The summed E-state index contributed by atoms with van der Waals surface area (Å²) in [6.07, 6.45) is 3.86. The average molecular weight is 260 g/mol. The molecule has 5 nitrogen and oxygen atoms in total. The molecule has 0 amide bonds. The molecule has 0 spiro atoms. The summed E-state index contributed by atoms with van der Waals surface area (Å²) in [6, 6.07) is 7.74. The molecule has 0 radical (unpaired) electrons. The number of aromatic nitrogens is 2. The Kier molecular flexibility index (Phi) is 4.83. The number of hydrogen-bond acceptors (Lipinski definition) is 5. The molecule has 1 heterocycles. The van der Waals surface area contributed by atoms with Crippen molar-refractivity contribution in [2.45, 2.75) is 13.0 Å². The van der Waals surface area contributed by atoms with E-state index in [0.29, 0.717) is 23.9 Å². The standard InChI is InChI=1S/C14H16N2O3/c1-18-7-6-11-2-4-13(5-3-11)19-14-9-15-12(10-17)8-16-14/h2-5,8-9,17H,6-7,10H2,1H3. The Morgan fingerprint density at radius 1 is 1.11 bits per heavy atom. The molecule has 0 saturated heterocycles. The van der Waals surface area contributed by atoms with Crippen molar-refractivity contribution >= 4 is 0 Å². The van der Waals surface area contributed by atoms with Crippen molar-refractivity contribution in [2.75, 3.05) is 13.7 Å². The van der Waals surface area contributed by atoms with Gasteiger partial charge in [0.05, 0.1) is 31.3 Å². The van der Waals surface area contributed by atoms with Crippen molar-refractivity contribution in [1.29, 1.82) is 0 Å². The molecule has 19 heavy (non-hydrogen) atoms. The van der Waals surface area contributed by atoms with Crippen LogP contribution in [0.2, 0.25) is 0 Å². The maximum atomic E-state index is 8.87. The summed E-state index contributed by atoms with van der Waals surface area (Å²) in [5.41, 5.74) is 1.71. The van der Waals surface area contributed by atoms with Crippen LogP contribution in [0.25, 0.3) is 0 Å². The third-order valence-electron chi connectivity index (χ3n) is 2.58. The zero-order chi connectivity index (χ0) is 13.5. The van der Waals surface area contributed by atoms with Crippen LogP contribution in [-0.4, -0.2) is 28.8 Å². The monoisotopic (exact) mass is 260 g/mol. The maximum Gasteiger partial charge on any atom is 0.237 e. The van der Waals surface area contributed by atoms with Gasteiger partial charge < -0.3 is 14.6 Å². The van der Waals surface area contributed by atoms with Crippen molar-refractivity contribution in [3.63, 3.8) is 0 Å². The second kappa shape index (κ2) is 6.82. The number of aliphatic hydroxyl groups excluding tert-OH is 1. The number of benzene rings is 1. The average Bonchev–Trinajstić information content (AvgIpc) is 2.47. The zero-order valence-corrected chi connectivity index (χ0v) is 10.7. The van der Waals surface area contributed by atoms with Crippen LogP contribution in [0.3, 0.4) is 0 Å². The van der Waals surface area contributed by atoms with Crippen molar-refractivity contribution in [1.82, 2.24) is 9.97 Å². The van der Waals surface area contributed by atoms with Crippen molar-refractivity contribution in [2.24, 2.45) is 0 Å². The molecule has 1 N–H and O–H groups in total. The number of hydrogen-bond donors (Lipinski definition) is 1. The molecule has 0 saturated carbocycles. The Bertz CT molecular complexity index is 497. The smallest absolute Gasteiger partial charge is 0.237 e. The van der Waals surface area contributed by atoms with Gasteiger partial charge >= 0.3 is 0 Å². The van der Waals surface area contributed by atoms with E-state index in [4.69, 9.17) is 14.6 Å². The summed E-state index contributed by atoms with van der Waals surface area (Å²) < 4.78 is 10.6. The van der Waals surface area contributed by atoms with E-state index in [2.05, 4.69) is 9.97 Å². The lowest BCUT2D eigenvalue weighted by molar-refractivity contribution is 0.202. The minimum atomic E-state index is -0.124. The Labute approximate surface area is 111 Å². The van der Waals surface area contributed by atoms with Crippen LogP contribution in [0.4, 0.5) is 0 Å². The Hall–Kier alpha value is -1.98. The van der Waals surface area contributed by atoms with Gasteiger partial charge in [-0.15, -0.1) is 0 Å². The Balaban J connectivity index is 1.98. The highest BCUT2D eigenvalue weighted by molar-refractivity contribution is 5.30. The van der Waals surface area contributed by atoms with E-state index in [0.717, 1.165) is 6.42 Å². The van der Waals surface area contributed by atoms with E-state index in [1.165, 1.54) is 18.0 Å². The number of ether oxygens (including phenoxy) is 2. The largest absolute Gasteiger partial charge is 0.438 e. The third kappa shape index (κ3) is 4.01. The minimum absolute atomic E-state index is 0.124. The number of aliphatic hydroxyl groups is 1. The van der Waals surface area contributed by atoms with E-state index in [-0.39, 0.29) is 6.61 Å². The summed E-state index contributed by atoms with van der Waals surface area (Å²) in [5.74, 6) is 1.11. The summed E-state index contributed by atoms with van der Waals surface area (Å²) in [4.78, 5) is 8.05. The number of rotatable bonds is 6. The molecule has 0 atom stereocenters. The van der Waals surface area contributed by atoms with Crippen LogP contribution in [0, 0.1) is 0 Å². The summed E-state index contributed by atoms with van der Waals surface area (Å²) in [7, 11) is 1.69. The maximum absolute atomic E-state index is 8.87. The van der Waals surface area contributed by atoms with Crippen LogP contribution >= 0.6 is 0 Å². The van der Waals surface area contributed by atoms with Crippen LogP contribution in [0.5, 0.6) is 11.6 Å². The van der Waals surface area contributed by atoms with Gasteiger partial charge in [-0.25, -0.2) is 4.98 Å². The van der Waals surface area contributed by atoms with Gasteiger partial charge in [-0.3, -0.25) is 4.98 Å². The van der Waals surface area contributed by atoms with E-state index in [1.807, 2.05) is 24.3 Å². The predicted molar refractivity (Wildman–Crippen MR) is 70.1 cm³/mol. The summed E-state index contributed by atoms with van der Waals surface area (Å²) >= 11 is 0. The highest BCUT2D eigenvalue weighted by atomic mass is 16.5. The molecular weight excluding hydrogens is 244 g/mol. The summed E-state index contributed by atoms with van der Waals surface area (Å²) in [6.45, 7) is 0.579. The Morgan fingerprint density at radius 2 is 1.89 bits per heavy atom. The van der Waals surface area contributed by atoms with E-state index >= 15 is 0 Å². The molecule has 2 rings (SSSR count). The fourth-order valence-corrected chi connectivity index (χ4v) is 1.54. The van der Waals surface area contributed by atoms with E-state index in [1.54, 1.807) is 7.11 Å². The molecule has 1 aromatic heterocycles. The molecule has 100 valence electrons. The predicted octanol–water partition coefficient (Wildman–Crippen LogP) is 1.95. The van der Waals surface area contributed by atoms with Gasteiger partial charge in [0.1, 0.15) is 5.75 Å². The first-order valence-corrected chi connectivity index (χ1v) is 5.99. The van der Waals surface area contributed by atoms with Gasteiger partial charge in [-0.1, -0.05) is 12.1 Å². The van der Waals surface area contributed by atoms with E-state index in [9.17, 15) is 0 Å². The Morgan fingerprint density at radius 3 is 2.47 bits per heavy atom. The van der Waals surface area contributed by atoms with Gasteiger partial charge in [0.25, 0.3) is 0 Å². The first-order chi connectivity index (χ1) is 9.31. The van der Waals surface area contributed by atoms with Crippen LogP contribution in [-0.2, 0) is 17.8 Å². The highest BCUT2D eigenvalue weighted by Crippen LogP contribution is 2.19. The molecular formula is C14H16N2O3. The SMILES string of the molecule is COCCc1ccc(Oc2cnc(CO)cn2)cc1. The zero-order valence-electron chi connectivity index (χ0n) is 10.7. The molecule has 0 aliphatic carbocycles. The summed E-state index contributed by atoms with van der Waals surface area (Å²) in [5, 5.41) is 8.87. The van der Waals surface area contributed by atoms with Crippen LogP contribution in [0.15, 0.2) is 36.7 Å². The lowest BCUT2D eigenvalue weighted by atomic mass is 10.1. The van der Waals surface area contributed by atoms with Crippen molar-refractivity contribution in [3.05, 3.63) is 47.9 Å². The van der Waals surface area contributed by atoms with Gasteiger partial charge in [-0.2, -0.15) is 0 Å². The topological polar surface area (TPSA) is 64.5 Å². The fourth-order valence-electron chi connectivity index (χ4n) is 1.54. The molecule has 5 heteroatoms. The van der Waals surface area contributed by atoms with E-state index < -0.39 is 0 Å². The highest BCUT2D eigenvalue weighted by Gasteiger charge is 2.00. The van der Waals surface area contributed by atoms with Crippen molar-refractivity contribution in [3.8, 4) is 11.6 Å². The number of methoxy groups -OCH3 is 1. The lowest BCUT2D eigenvalue weighted by Crippen LogP contribution is -1.95. The van der Waals surface area contributed by atoms with Gasteiger partial charge in [0.15, 0.2) is 0 Å². The molecule has 2 aromatic rings. The fraction of sp³-hybridized carbons (Fsp3) is 0.286. The molecule has 0 fully saturated rings. The lowest BCUT2D eigenvalue weighted by Gasteiger charge is -2.06. The normalized spacial score (nSPS) is 10.4. The van der Waals surface area contributed by atoms with Crippen molar-refractivity contribution < 1.29 is 14.6 Å². The third-order valence-corrected chi connectivity index (χ3v) is 2.58. The molecule has 0 bridgehead atoms.